The highest BCUT2D eigenvalue weighted by Gasteiger charge is 2.57. The molecule has 156 valence electrons. The second-order valence-corrected chi connectivity index (χ2v) is 7.79. The zero-order chi connectivity index (χ0) is 20.7. The zero-order valence-electron chi connectivity index (χ0n) is 16.5. The van der Waals surface area contributed by atoms with Crippen LogP contribution in [0.25, 0.3) is 0 Å². The molecular weight excluding hydrogens is 379 g/mol. The Balaban J connectivity index is 1.38. The fourth-order valence-electron chi connectivity index (χ4n) is 4.46. The Morgan fingerprint density at radius 2 is 1.97 bits per heavy atom. The largest absolute Gasteiger partial charge is 0.442 e. The lowest BCUT2D eigenvalue weighted by molar-refractivity contribution is -0.121. The van der Waals surface area contributed by atoms with E-state index in [1.807, 2.05) is 0 Å². The van der Waals surface area contributed by atoms with Crippen LogP contribution in [-0.4, -0.2) is 62.3 Å². The Morgan fingerprint density at radius 3 is 2.59 bits per heavy atom. The molecule has 9 heteroatoms. The van der Waals surface area contributed by atoms with Crippen LogP contribution < -0.4 is 15.5 Å². The van der Waals surface area contributed by atoms with E-state index in [4.69, 9.17) is 4.74 Å². The minimum atomic E-state index is -0.544. The van der Waals surface area contributed by atoms with Gasteiger partial charge < -0.3 is 20.3 Å². The van der Waals surface area contributed by atoms with Crippen LogP contribution in [0.3, 0.4) is 0 Å². The first kappa shape index (κ1) is 19.5. The summed E-state index contributed by atoms with van der Waals surface area (Å²) in [5, 5.41) is 5.32. The van der Waals surface area contributed by atoms with Gasteiger partial charge in [0.1, 0.15) is 11.9 Å². The average molecular weight is 404 g/mol. The molecule has 3 fully saturated rings. The van der Waals surface area contributed by atoms with Crippen LogP contribution in [0, 0.1) is 17.7 Å². The quantitative estimate of drug-likeness (QED) is 0.781. The smallest absolute Gasteiger partial charge is 0.414 e. The Hall–Kier alpha value is -2.84. The molecule has 0 spiro atoms. The second-order valence-electron chi connectivity index (χ2n) is 7.79. The van der Waals surface area contributed by atoms with E-state index in [9.17, 15) is 18.8 Å². The third-order valence-electron chi connectivity index (χ3n) is 6.07. The summed E-state index contributed by atoms with van der Waals surface area (Å²) >= 11 is 0. The van der Waals surface area contributed by atoms with Gasteiger partial charge in [-0.3, -0.25) is 9.69 Å². The molecule has 1 aromatic rings. The highest BCUT2D eigenvalue weighted by molar-refractivity contribution is 5.90. The van der Waals surface area contributed by atoms with E-state index < -0.39 is 12.2 Å². The van der Waals surface area contributed by atoms with Gasteiger partial charge in [-0.25, -0.2) is 14.0 Å². The van der Waals surface area contributed by atoms with E-state index in [2.05, 4.69) is 10.6 Å². The minimum absolute atomic E-state index is 0.0935. The van der Waals surface area contributed by atoms with Crippen molar-refractivity contribution >= 4 is 23.7 Å². The van der Waals surface area contributed by atoms with Crippen molar-refractivity contribution in [3.05, 3.63) is 29.6 Å². The number of carbonyl (C=O) groups is 3. The van der Waals surface area contributed by atoms with Crippen molar-refractivity contribution in [3.8, 4) is 0 Å². The van der Waals surface area contributed by atoms with Crippen molar-refractivity contribution in [1.82, 2.24) is 15.5 Å². The van der Waals surface area contributed by atoms with Gasteiger partial charge in [-0.05, 0) is 35.4 Å². The third-order valence-corrected chi connectivity index (χ3v) is 6.07. The maximum Gasteiger partial charge on any atom is 0.414 e. The van der Waals surface area contributed by atoms with Gasteiger partial charge in [-0.1, -0.05) is 13.0 Å². The molecule has 0 unspecified atom stereocenters. The van der Waals surface area contributed by atoms with E-state index in [0.29, 0.717) is 30.8 Å². The third kappa shape index (κ3) is 3.61. The first-order chi connectivity index (χ1) is 13.9. The SMILES string of the molecule is CCC(=O)NC[C@H]1CN(c2ccc([C@H]3[C@@H]4CN(C(=O)NC)C[C@@H]43)c(F)c2)C(=O)O1. The first-order valence-corrected chi connectivity index (χ1v) is 9.93. The molecule has 0 bridgehead atoms. The molecule has 4 atom stereocenters. The Bertz CT molecular complexity index is 836. The monoisotopic (exact) mass is 404 g/mol. The van der Waals surface area contributed by atoms with Crippen molar-refractivity contribution in [2.45, 2.75) is 25.4 Å². The fraction of sp³-hybridized carbons (Fsp3) is 0.550. The summed E-state index contributed by atoms with van der Waals surface area (Å²) in [7, 11) is 1.60. The lowest BCUT2D eigenvalue weighted by atomic mass is 10.1. The molecule has 2 N–H and O–H groups in total. The summed E-state index contributed by atoms with van der Waals surface area (Å²) in [5.41, 5.74) is 1.08. The van der Waals surface area contributed by atoms with Gasteiger partial charge in [0.2, 0.25) is 5.91 Å². The lowest BCUT2D eigenvalue weighted by Crippen LogP contribution is -2.38. The van der Waals surface area contributed by atoms with E-state index in [-0.39, 0.29) is 48.6 Å². The normalized spacial score (nSPS) is 27.5. The van der Waals surface area contributed by atoms with Crippen LogP contribution in [0.5, 0.6) is 0 Å². The van der Waals surface area contributed by atoms with Gasteiger partial charge >= 0.3 is 12.1 Å². The number of halogens is 1. The summed E-state index contributed by atoms with van der Waals surface area (Å²) in [4.78, 5) is 38.4. The predicted molar refractivity (Wildman–Crippen MR) is 103 cm³/mol. The van der Waals surface area contributed by atoms with Crippen molar-refractivity contribution in [2.24, 2.45) is 11.8 Å². The van der Waals surface area contributed by atoms with Crippen LogP contribution in [-0.2, 0) is 9.53 Å². The average Bonchev–Trinajstić information content (AvgIpc) is 3.05. The molecule has 2 aliphatic heterocycles. The molecule has 8 nitrogen and oxygen atoms in total. The standard InChI is InChI=1S/C20H25FN4O4/c1-3-17(26)23-7-12-8-25(20(28)29-12)11-4-5-13(16(21)6-11)18-14-9-24(10-15(14)18)19(27)22-2/h4-6,12,14-15,18H,3,7-10H2,1-2H3,(H,22,27)(H,23,26)/t12-,14-,15+,18+/m0/s1. The molecular formula is C20H25FN4O4. The topological polar surface area (TPSA) is 91.0 Å². The molecule has 29 heavy (non-hydrogen) atoms. The molecule has 1 aliphatic carbocycles. The molecule has 4 rings (SSSR count). The van der Waals surface area contributed by atoms with E-state index in [1.54, 1.807) is 31.0 Å². The van der Waals surface area contributed by atoms with Crippen LogP contribution in [0.2, 0.25) is 0 Å². The van der Waals surface area contributed by atoms with Gasteiger partial charge in [0.15, 0.2) is 0 Å². The molecule has 4 amide bonds. The summed E-state index contributed by atoms with van der Waals surface area (Å²) in [6.07, 6.45) is -0.641. The number of rotatable bonds is 5. The van der Waals surface area contributed by atoms with Crippen LogP contribution in [0.4, 0.5) is 19.7 Å². The number of anilines is 1. The number of fused-ring (bicyclic) bond motifs is 1. The summed E-state index contributed by atoms with van der Waals surface area (Å²) in [5.74, 6) is 0.239. The number of urea groups is 1. The number of nitrogens with zero attached hydrogens (tertiary/aromatic N) is 2. The van der Waals surface area contributed by atoms with Gasteiger partial charge in [0.25, 0.3) is 0 Å². The van der Waals surface area contributed by atoms with Gasteiger partial charge in [0, 0.05) is 26.6 Å². The molecule has 2 saturated heterocycles. The van der Waals surface area contributed by atoms with Crippen molar-refractivity contribution in [2.75, 3.05) is 38.1 Å². The highest BCUT2D eigenvalue weighted by Crippen LogP contribution is 2.58. The Morgan fingerprint density at radius 1 is 1.24 bits per heavy atom. The molecule has 3 aliphatic rings. The number of likely N-dealkylation sites (tertiary alicyclic amines) is 1. The van der Waals surface area contributed by atoms with Gasteiger partial charge in [0.05, 0.1) is 18.8 Å². The van der Waals surface area contributed by atoms with Crippen LogP contribution >= 0.6 is 0 Å². The second kappa shape index (κ2) is 7.53. The number of ether oxygens (including phenoxy) is 1. The number of benzene rings is 1. The van der Waals surface area contributed by atoms with Crippen molar-refractivity contribution in [3.63, 3.8) is 0 Å². The lowest BCUT2D eigenvalue weighted by Gasteiger charge is -2.20. The summed E-state index contributed by atoms with van der Waals surface area (Å²) in [6.45, 7) is 3.52. The fourth-order valence-corrected chi connectivity index (χ4v) is 4.46. The molecule has 1 saturated carbocycles. The highest BCUT2D eigenvalue weighted by atomic mass is 19.1. The summed E-state index contributed by atoms with van der Waals surface area (Å²) in [6, 6.07) is 4.74. The van der Waals surface area contributed by atoms with E-state index in [0.717, 1.165) is 0 Å². The molecule has 2 heterocycles. The minimum Gasteiger partial charge on any atom is -0.442 e. The number of hydrogen-bond donors (Lipinski definition) is 2. The molecule has 0 radical (unpaired) electrons. The number of cyclic esters (lactones) is 1. The number of amides is 4. The zero-order valence-corrected chi connectivity index (χ0v) is 16.5. The van der Waals surface area contributed by atoms with Crippen LogP contribution in [0.1, 0.15) is 24.8 Å². The number of hydrogen-bond acceptors (Lipinski definition) is 4. The van der Waals surface area contributed by atoms with Gasteiger partial charge in [-0.15, -0.1) is 0 Å². The molecule has 0 aromatic heterocycles. The van der Waals surface area contributed by atoms with E-state index in [1.165, 1.54) is 11.0 Å². The number of nitrogens with one attached hydrogen (secondary N) is 2. The van der Waals surface area contributed by atoms with E-state index >= 15 is 0 Å². The predicted octanol–water partition coefficient (Wildman–Crippen LogP) is 1.66. The Labute approximate surface area is 168 Å². The van der Waals surface area contributed by atoms with Crippen molar-refractivity contribution in [1.29, 1.82) is 0 Å². The number of piperidine rings is 1. The maximum absolute atomic E-state index is 14.8. The maximum atomic E-state index is 14.8. The number of carbonyl (C=O) groups excluding carboxylic acids is 3. The van der Waals surface area contributed by atoms with Crippen LogP contribution in [0.15, 0.2) is 18.2 Å². The molecule has 1 aromatic carbocycles. The first-order valence-electron chi connectivity index (χ1n) is 9.93. The summed E-state index contributed by atoms with van der Waals surface area (Å²) < 4.78 is 20.1. The van der Waals surface area contributed by atoms with Gasteiger partial charge in [-0.2, -0.15) is 0 Å². The van der Waals surface area contributed by atoms with Crippen molar-refractivity contribution < 1.29 is 23.5 Å². The Kier molecular flexibility index (Phi) is 5.06.